The predicted octanol–water partition coefficient (Wildman–Crippen LogP) is 3.19. The summed E-state index contributed by atoms with van der Waals surface area (Å²) in [5.74, 6) is 0. The number of hydrogen-bond acceptors (Lipinski definition) is 3. The van der Waals surface area contributed by atoms with Gasteiger partial charge in [0.15, 0.2) is 0 Å². The van der Waals surface area contributed by atoms with Gasteiger partial charge < -0.3 is 10.6 Å². The summed E-state index contributed by atoms with van der Waals surface area (Å²) in [7, 11) is 4.40. The Balaban J connectivity index is 2.11. The molecule has 2 rings (SSSR count). The van der Waals surface area contributed by atoms with Crippen LogP contribution >= 0.6 is 0 Å². The molecule has 1 aliphatic rings. The van der Waals surface area contributed by atoms with E-state index in [1.165, 1.54) is 55.5 Å². The minimum absolute atomic E-state index is 0.347. The van der Waals surface area contributed by atoms with Crippen molar-refractivity contribution in [3.63, 3.8) is 0 Å². The van der Waals surface area contributed by atoms with Crippen LogP contribution in [0.4, 0.5) is 5.69 Å². The van der Waals surface area contributed by atoms with E-state index in [2.05, 4.69) is 49.0 Å². The summed E-state index contributed by atoms with van der Waals surface area (Å²) in [6.45, 7) is 5.24. The molecular weight excluding hydrogens is 258 g/mol. The highest BCUT2D eigenvalue weighted by Gasteiger charge is 2.19. The molecule has 3 nitrogen and oxygen atoms in total. The molecule has 0 saturated heterocycles. The second-order valence-corrected chi connectivity index (χ2v) is 6.35. The minimum atomic E-state index is 0.347. The maximum atomic E-state index is 6.06. The normalized spacial score (nSPS) is 16.1. The van der Waals surface area contributed by atoms with Gasteiger partial charge in [0.25, 0.3) is 0 Å². The van der Waals surface area contributed by atoms with Crippen molar-refractivity contribution < 1.29 is 0 Å². The SMILES string of the molecule is CCCCCN(C)C(CN)c1ccc2c(c1)CCCN2C. The highest BCUT2D eigenvalue weighted by atomic mass is 15.1. The zero-order chi connectivity index (χ0) is 15.2. The third kappa shape index (κ3) is 3.98. The van der Waals surface area contributed by atoms with Gasteiger partial charge in [-0.05, 0) is 50.0 Å². The summed E-state index contributed by atoms with van der Waals surface area (Å²) < 4.78 is 0. The monoisotopic (exact) mass is 289 g/mol. The summed E-state index contributed by atoms with van der Waals surface area (Å²) in [6.07, 6.45) is 6.29. The fraction of sp³-hybridized carbons (Fsp3) is 0.667. The quantitative estimate of drug-likeness (QED) is 0.782. The topological polar surface area (TPSA) is 32.5 Å². The lowest BCUT2D eigenvalue weighted by Crippen LogP contribution is -2.32. The van der Waals surface area contributed by atoms with Gasteiger partial charge in [0, 0.05) is 31.9 Å². The Morgan fingerprint density at radius 1 is 1.33 bits per heavy atom. The maximum absolute atomic E-state index is 6.06. The van der Waals surface area contributed by atoms with Gasteiger partial charge >= 0.3 is 0 Å². The molecule has 0 radical (unpaired) electrons. The van der Waals surface area contributed by atoms with Gasteiger partial charge in [-0.15, -0.1) is 0 Å². The number of hydrogen-bond donors (Lipinski definition) is 1. The number of aryl methyl sites for hydroxylation is 1. The number of rotatable bonds is 7. The Labute approximate surface area is 130 Å². The Morgan fingerprint density at radius 2 is 2.14 bits per heavy atom. The highest BCUT2D eigenvalue weighted by Crippen LogP contribution is 2.30. The first-order chi connectivity index (χ1) is 10.2. The summed E-state index contributed by atoms with van der Waals surface area (Å²) in [4.78, 5) is 4.79. The molecule has 1 unspecified atom stereocenters. The summed E-state index contributed by atoms with van der Waals surface area (Å²) in [5, 5.41) is 0. The Hall–Kier alpha value is -1.06. The fourth-order valence-corrected chi connectivity index (χ4v) is 3.35. The summed E-state index contributed by atoms with van der Waals surface area (Å²) in [5.41, 5.74) is 10.3. The van der Waals surface area contributed by atoms with Crippen LogP contribution in [-0.4, -0.2) is 38.6 Å². The van der Waals surface area contributed by atoms with E-state index in [9.17, 15) is 0 Å². The standard InChI is InChI=1S/C18H31N3/c1-4-5-6-11-21(3)18(14-19)16-9-10-17-15(13-16)8-7-12-20(17)2/h9-10,13,18H,4-8,11-12,14,19H2,1-3H3. The molecule has 0 bridgehead atoms. The molecule has 0 aliphatic carbocycles. The van der Waals surface area contributed by atoms with Crippen LogP contribution in [0.15, 0.2) is 18.2 Å². The fourth-order valence-electron chi connectivity index (χ4n) is 3.35. The highest BCUT2D eigenvalue weighted by molar-refractivity contribution is 5.56. The van der Waals surface area contributed by atoms with E-state index in [4.69, 9.17) is 5.73 Å². The first-order valence-corrected chi connectivity index (χ1v) is 8.41. The first-order valence-electron chi connectivity index (χ1n) is 8.41. The third-order valence-corrected chi connectivity index (χ3v) is 4.71. The van der Waals surface area contributed by atoms with Crippen LogP contribution in [0.1, 0.15) is 49.8 Å². The van der Waals surface area contributed by atoms with E-state index in [1.54, 1.807) is 0 Å². The zero-order valence-corrected chi connectivity index (χ0v) is 13.9. The Kier molecular flexibility index (Phi) is 6.07. The van der Waals surface area contributed by atoms with E-state index in [1.807, 2.05) is 0 Å². The summed E-state index contributed by atoms with van der Waals surface area (Å²) in [6, 6.07) is 7.29. The number of anilines is 1. The molecule has 1 aromatic rings. The summed E-state index contributed by atoms with van der Waals surface area (Å²) >= 11 is 0. The minimum Gasteiger partial charge on any atom is -0.374 e. The largest absolute Gasteiger partial charge is 0.374 e. The van der Waals surface area contributed by atoms with Crippen LogP contribution in [0, 0.1) is 0 Å². The van der Waals surface area contributed by atoms with Crippen LogP contribution in [0.3, 0.4) is 0 Å². The zero-order valence-electron chi connectivity index (χ0n) is 13.9. The molecule has 1 aliphatic heterocycles. The van der Waals surface area contributed by atoms with Crippen LogP contribution in [0.2, 0.25) is 0 Å². The van der Waals surface area contributed by atoms with E-state index < -0.39 is 0 Å². The first kappa shape index (κ1) is 16.3. The molecule has 118 valence electrons. The molecule has 0 amide bonds. The molecule has 3 heteroatoms. The van der Waals surface area contributed by atoms with Crippen molar-refractivity contribution in [2.24, 2.45) is 5.73 Å². The molecule has 0 aromatic heterocycles. The lowest BCUT2D eigenvalue weighted by Gasteiger charge is -2.31. The van der Waals surface area contributed by atoms with Gasteiger partial charge in [-0.2, -0.15) is 0 Å². The van der Waals surface area contributed by atoms with E-state index in [-0.39, 0.29) is 0 Å². The van der Waals surface area contributed by atoms with Crippen LogP contribution in [-0.2, 0) is 6.42 Å². The number of benzene rings is 1. The van der Waals surface area contributed by atoms with E-state index >= 15 is 0 Å². The molecular formula is C18H31N3. The van der Waals surface area contributed by atoms with Crippen molar-refractivity contribution in [2.75, 3.05) is 38.6 Å². The molecule has 1 atom stereocenters. The van der Waals surface area contributed by atoms with Crippen molar-refractivity contribution in [2.45, 2.75) is 45.1 Å². The second-order valence-electron chi connectivity index (χ2n) is 6.35. The van der Waals surface area contributed by atoms with Crippen molar-refractivity contribution in [3.05, 3.63) is 29.3 Å². The molecule has 1 aromatic carbocycles. The average Bonchev–Trinajstić information content (AvgIpc) is 2.48. The smallest absolute Gasteiger partial charge is 0.0467 e. The molecule has 0 fully saturated rings. The third-order valence-electron chi connectivity index (χ3n) is 4.71. The average molecular weight is 289 g/mol. The van der Waals surface area contributed by atoms with Crippen LogP contribution < -0.4 is 10.6 Å². The number of unbranched alkanes of at least 4 members (excludes halogenated alkanes) is 2. The Morgan fingerprint density at radius 3 is 2.86 bits per heavy atom. The lowest BCUT2D eigenvalue weighted by molar-refractivity contribution is 0.245. The van der Waals surface area contributed by atoms with Crippen LogP contribution in [0.25, 0.3) is 0 Å². The lowest BCUT2D eigenvalue weighted by atomic mass is 9.96. The maximum Gasteiger partial charge on any atom is 0.0467 e. The van der Waals surface area contributed by atoms with E-state index in [0.717, 1.165) is 6.54 Å². The van der Waals surface area contributed by atoms with Crippen molar-refractivity contribution >= 4 is 5.69 Å². The van der Waals surface area contributed by atoms with Gasteiger partial charge in [-0.3, -0.25) is 4.90 Å². The van der Waals surface area contributed by atoms with Gasteiger partial charge in [0.1, 0.15) is 0 Å². The second kappa shape index (κ2) is 7.81. The van der Waals surface area contributed by atoms with Gasteiger partial charge in [-0.1, -0.05) is 31.9 Å². The number of fused-ring (bicyclic) bond motifs is 1. The predicted molar refractivity (Wildman–Crippen MR) is 92.0 cm³/mol. The van der Waals surface area contributed by atoms with Crippen LogP contribution in [0.5, 0.6) is 0 Å². The number of nitrogens with two attached hydrogens (primary N) is 1. The number of nitrogens with zero attached hydrogens (tertiary/aromatic N) is 2. The Bertz CT molecular complexity index is 444. The molecule has 21 heavy (non-hydrogen) atoms. The molecule has 2 N–H and O–H groups in total. The molecule has 0 saturated carbocycles. The number of likely N-dealkylation sites (N-methyl/N-ethyl adjacent to an activating group) is 1. The molecule has 0 spiro atoms. The van der Waals surface area contributed by atoms with Crippen molar-refractivity contribution in [1.29, 1.82) is 0 Å². The molecule has 1 heterocycles. The van der Waals surface area contributed by atoms with Gasteiger partial charge in [0.05, 0.1) is 0 Å². The van der Waals surface area contributed by atoms with Crippen molar-refractivity contribution in [1.82, 2.24) is 4.90 Å². The van der Waals surface area contributed by atoms with E-state index in [0.29, 0.717) is 12.6 Å². The van der Waals surface area contributed by atoms with Crippen molar-refractivity contribution in [3.8, 4) is 0 Å². The van der Waals surface area contributed by atoms with Gasteiger partial charge in [0.2, 0.25) is 0 Å². The van der Waals surface area contributed by atoms with Gasteiger partial charge in [-0.25, -0.2) is 0 Å².